The molecule has 2 radical (unpaired) electrons. The largest absolute Gasteiger partial charge is 0.458 e. The number of benzene rings is 2. The van der Waals surface area contributed by atoms with Crippen LogP contribution in [-0.4, -0.2) is 7.85 Å². The van der Waals surface area contributed by atoms with Gasteiger partial charge in [0.15, 0.2) is 0 Å². The Kier molecular flexibility index (Phi) is 2.54. The van der Waals surface area contributed by atoms with Gasteiger partial charge < -0.3 is 4.74 Å². The molecular weight excluding hydrogens is 171 g/mol. The zero-order valence-corrected chi connectivity index (χ0v) is 7.68. The average molecular weight is 180 g/mol. The Hall–Kier alpha value is -1.70. The van der Waals surface area contributed by atoms with Crippen molar-refractivity contribution in [2.75, 3.05) is 0 Å². The normalized spacial score (nSPS) is 9.71. The molecule has 0 aliphatic carbocycles. The predicted molar refractivity (Wildman–Crippen MR) is 58.3 cm³/mol. The molecule has 14 heavy (non-hydrogen) atoms. The van der Waals surface area contributed by atoms with Gasteiger partial charge >= 0.3 is 0 Å². The third-order valence-corrected chi connectivity index (χ3v) is 1.89. The Bertz CT molecular complexity index is 412. The Labute approximate surface area is 84.8 Å². The van der Waals surface area contributed by atoms with Crippen molar-refractivity contribution >= 4 is 13.3 Å². The molecule has 0 fully saturated rings. The number of hydrogen-bond acceptors (Lipinski definition) is 1. The van der Waals surface area contributed by atoms with Crippen LogP contribution in [-0.2, 0) is 0 Å². The molecule has 0 aromatic heterocycles. The van der Waals surface area contributed by atoms with E-state index in [1.54, 1.807) is 0 Å². The lowest BCUT2D eigenvalue weighted by atomic mass is 9.95. The second kappa shape index (κ2) is 4.01. The Morgan fingerprint density at radius 2 is 1.43 bits per heavy atom. The van der Waals surface area contributed by atoms with Crippen LogP contribution in [0.25, 0.3) is 0 Å². The predicted octanol–water partition coefficient (Wildman–Crippen LogP) is 2.27. The summed E-state index contributed by atoms with van der Waals surface area (Å²) in [6.07, 6.45) is 0. The summed E-state index contributed by atoms with van der Waals surface area (Å²) >= 11 is 0. The molecule has 2 aromatic rings. The summed E-state index contributed by atoms with van der Waals surface area (Å²) in [4.78, 5) is 0. The molecule has 0 N–H and O–H groups in total. The van der Waals surface area contributed by atoms with Crippen molar-refractivity contribution in [2.45, 2.75) is 0 Å². The van der Waals surface area contributed by atoms with Crippen molar-refractivity contribution in [3.8, 4) is 11.5 Å². The first kappa shape index (κ1) is 8.88. The van der Waals surface area contributed by atoms with Gasteiger partial charge in [0.1, 0.15) is 19.3 Å². The van der Waals surface area contributed by atoms with Gasteiger partial charge in [-0.25, -0.2) is 0 Å². The van der Waals surface area contributed by atoms with Crippen LogP contribution >= 0.6 is 0 Å². The van der Waals surface area contributed by atoms with Crippen molar-refractivity contribution < 1.29 is 4.74 Å². The fourth-order valence-electron chi connectivity index (χ4n) is 1.19. The van der Waals surface area contributed by atoms with E-state index in [0.29, 0.717) is 11.2 Å². The van der Waals surface area contributed by atoms with Crippen molar-refractivity contribution in [3.63, 3.8) is 0 Å². The quantitative estimate of drug-likeness (QED) is 0.644. The van der Waals surface area contributed by atoms with Crippen LogP contribution in [0.2, 0.25) is 0 Å². The first-order valence-corrected chi connectivity index (χ1v) is 4.43. The van der Waals surface area contributed by atoms with Crippen molar-refractivity contribution in [1.82, 2.24) is 0 Å². The third-order valence-electron chi connectivity index (χ3n) is 1.89. The zero-order valence-electron chi connectivity index (χ0n) is 7.68. The lowest BCUT2D eigenvalue weighted by Crippen LogP contribution is -2.05. The molecule has 0 spiro atoms. The van der Waals surface area contributed by atoms with E-state index in [4.69, 9.17) is 12.6 Å². The minimum Gasteiger partial charge on any atom is -0.458 e. The molecule has 0 saturated heterocycles. The molecule has 2 heteroatoms. The standard InChI is InChI=1S/C12H9BO/c13-11-8-4-5-9-12(11)14-10-6-2-1-3-7-10/h1-9H. The van der Waals surface area contributed by atoms with E-state index in [0.717, 1.165) is 5.75 Å². The molecular formula is C12H9BO. The second-order valence-corrected chi connectivity index (χ2v) is 2.95. The van der Waals surface area contributed by atoms with E-state index in [9.17, 15) is 0 Å². The van der Waals surface area contributed by atoms with Gasteiger partial charge in [-0.3, -0.25) is 0 Å². The molecule has 0 heterocycles. The summed E-state index contributed by atoms with van der Waals surface area (Å²) in [6, 6.07) is 17.0. The lowest BCUT2D eigenvalue weighted by Gasteiger charge is -2.07. The van der Waals surface area contributed by atoms with Crippen LogP contribution in [0.3, 0.4) is 0 Å². The van der Waals surface area contributed by atoms with E-state index in [1.165, 1.54) is 0 Å². The number of hydrogen-bond donors (Lipinski definition) is 0. The summed E-state index contributed by atoms with van der Waals surface area (Å²) in [5.41, 5.74) is 0.649. The fraction of sp³-hybridized carbons (Fsp3) is 0. The second-order valence-electron chi connectivity index (χ2n) is 2.95. The van der Waals surface area contributed by atoms with Gasteiger partial charge in [0.05, 0.1) is 0 Å². The maximum atomic E-state index is 5.74. The monoisotopic (exact) mass is 180 g/mol. The lowest BCUT2D eigenvalue weighted by molar-refractivity contribution is 0.486. The van der Waals surface area contributed by atoms with Crippen LogP contribution in [0.1, 0.15) is 0 Å². The molecule has 0 unspecified atom stereocenters. The molecule has 0 atom stereocenters. The fourth-order valence-corrected chi connectivity index (χ4v) is 1.19. The SMILES string of the molecule is [B]c1ccccc1Oc1ccccc1. The number of para-hydroxylation sites is 2. The zero-order chi connectivity index (χ0) is 9.80. The Morgan fingerprint density at radius 3 is 2.14 bits per heavy atom. The van der Waals surface area contributed by atoms with E-state index >= 15 is 0 Å². The first-order chi connectivity index (χ1) is 6.86. The van der Waals surface area contributed by atoms with Gasteiger partial charge in [-0.05, 0) is 18.2 Å². The van der Waals surface area contributed by atoms with Crippen molar-refractivity contribution in [2.24, 2.45) is 0 Å². The summed E-state index contributed by atoms with van der Waals surface area (Å²) in [7, 11) is 5.74. The first-order valence-electron chi connectivity index (χ1n) is 4.43. The van der Waals surface area contributed by atoms with Crippen LogP contribution in [0.5, 0.6) is 11.5 Å². The molecule has 0 bridgehead atoms. The molecule has 0 saturated carbocycles. The molecule has 0 aliphatic heterocycles. The molecule has 0 amide bonds. The maximum Gasteiger partial charge on any atom is 0.127 e. The van der Waals surface area contributed by atoms with Gasteiger partial charge in [-0.2, -0.15) is 0 Å². The summed E-state index contributed by atoms with van der Waals surface area (Å²) < 4.78 is 5.58. The summed E-state index contributed by atoms with van der Waals surface area (Å²) in [6.45, 7) is 0. The van der Waals surface area contributed by atoms with E-state index in [2.05, 4.69) is 0 Å². The highest BCUT2D eigenvalue weighted by Gasteiger charge is 1.97. The topological polar surface area (TPSA) is 9.23 Å². The highest BCUT2D eigenvalue weighted by atomic mass is 16.5. The van der Waals surface area contributed by atoms with Crippen molar-refractivity contribution in [1.29, 1.82) is 0 Å². The highest BCUT2D eigenvalue weighted by Crippen LogP contribution is 2.17. The minimum absolute atomic E-state index is 0.649. The third kappa shape index (κ3) is 1.97. The summed E-state index contributed by atoms with van der Waals surface area (Å²) in [5, 5.41) is 0. The van der Waals surface area contributed by atoms with E-state index in [-0.39, 0.29) is 0 Å². The molecule has 2 aromatic carbocycles. The van der Waals surface area contributed by atoms with Gasteiger partial charge in [-0.1, -0.05) is 41.9 Å². The van der Waals surface area contributed by atoms with Gasteiger partial charge in [-0.15, -0.1) is 0 Å². The Morgan fingerprint density at radius 1 is 0.786 bits per heavy atom. The van der Waals surface area contributed by atoms with Crippen LogP contribution < -0.4 is 10.2 Å². The summed E-state index contributed by atoms with van der Waals surface area (Å²) in [5.74, 6) is 1.49. The molecule has 0 aliphatic rings. The van der Waals surface area contributed by atoms with Crippen LogP contribution in [0.15, 0.2) is 54.6 Å². The number of ether oxygens (including phenoxy) is 1. The molecule has 66 valence electrons. The maximum absolute atomic E-state index is 5.74. The molecule has 2 rings (SSSR count). The van der Waals surface area contributed by atoms with E-state index in [1.807, 2.05) is 54.6 Å². The van der Waals surface area contributed by atoms with Gasteiger partial charge in [0, 0.05) is 0 Å². The smallest absolute Gasteiger partial charge is 0.127 e. The van der Waals surface area contributed by atoms with Crippen molar-refractivity contribution in [3.05, 3.63) is 54.6 Å². The van der Waals surface area contributed by atoms with Gasteiger partial charge in [0.2, 0.25) is 0 Å². The van der Waals surface area contributed by atoms with Gasteiger partial charge in [0.25, 0.3) is 0 Å². The van der Waals surface area contributed by atoms with E-state index < -0.39 is 0 Å². The number of rotatable bonds is 2. The highest BCUT2D eigenvalue weighted by molar-refractivity contribution is 6.34. The minimum atomic E-state index is 0.649. The van der Waals surface area contributed by atoms with Crippen LogP contribution in [0.4, 0.5) is 0 Å². The Balaban J connectivity index is 2.24. The average Bonchev–Trinajstić information content (AvgIpc) is 2.23. The molecule has 1 nitrogen and oxygen atoms in total. The van der Waals surface area contributed by atoms with Crippen LogP contribution in [0, 0.1) is 0 Å².